The van der Waals surface area contributed by atoms with Crippen LogP contribution in [0, 0.1) is 11.8 Å². The van der Waals surface area contributed by atoms with Gasteiger partial charge < -0.3 is 9.80 Å². The maximum atomic E-state index is 13.2. The van der Waals surface area contributed by atoms with Gasteiger partial charge in [0.2, 0.25) is 11.9 Å². The Morgan fingerprint density at radius 3 is 2.38 bits per heavy atom. The molecule has 5 heteroatoms. The molecule has 1 aliphatic carbocycles. The summed E-state index contributed by atoms with van der Waals surface area (Å²) in [5.41, 5.74) is 0. The normalized spacial score (nSPS) is 21.4. The van der Waals surface area contributed by atoms with Gasteiger partial charge in [0.05, 0.1) is 0 Å². The predicted molar refractivity (Wildman–Crippen MR) is 95.8 cm³/mol. The molecule has 1 aromatic heterocycles. The second-order valence-electron chi connectivity index (χ2n) is 7.41. The van der Waals surface area contributed by atoms with E-state index in [4.69, 9.17) is 0 Å². The molecule has 1 saturated carbocycles. The first-order chi connectivity index (χ1) is 11.6. The first kappa shape index (κ1) is 17.2. The van der Waals surface area contributed by atoms with Gasteiger partial charge in [-0.3, -0.25) is 4.79 Å². The number of carbonyl (C=O) groups is 1. The van der Waals surface area contributed by atoms with E-state index in [2.05, 4.69) is 40.5 Å². The average molecular weight is 330 g/mol. The maximum absolute atomic E-state index is 13.2. The van der Waals surface area contributed by atoms with Crippen molar-refractivity contribution in [2.24, 2.45) is 11.8 Å². The van der Waals surface area contributed by atoms with Crippen LogP contribution in [0.2, 0.25) is 0 Å². The molecule has 1 amide bonds. The summed E-state index contributed by atoms with van der Waals surface area (Å²) in [6, 6.07) is 2.69. The van der Waals surface area contributed by atoms with E-state index in [0.29, 0.717) is 23.9 Å². The number of nitrogens with zero attached hydrogens (tertiary/aromatic N) is 4. The fraction of sp³-hybridized carbons (Fsp3) is 0.737. The zero-order valence-electron chi connectivity index (χ0n) is 15.2. The van der Waals surface area contributed by atoms with Gasteiger partial charge in [0, 0.05) is 43.5 Å². The van der Waals surface area contributed by atoms with E-state index in [0.717, 1.165) is 38.3 Å². The summed E-state index contributed by atoms with van der Waals surface area (Å²) < 4.78 is 0. The monoisotopic (exact) mass is 330 g/mol. The molecular weight excluding hydrogens is 300 g/mol. The Balaban J connectivity index is 1.61. The number of piperidine rings is 1. The van der Waals surface area contributed by atoms with Crippen LogP contribution in [-0.4, -0.2) is 45.9 Å². The van der Waals surface area contributed by atoms with Gasteiger partial charge in [0.1, 0.15) is 0 Å². The Morgan fingerprint density at radius 1 is 1.21 bits per heavy atom. The lowest BCUT2D eigenvalue weighted by molar-refractivity contribution is -0.140. The third-order valence-corrected chi connectivity index (χ3v) is 5.78. The minimum absolute atomic E-state index is 0.164. The molecule has 0 spiro atoms. The van der Waals surface area contributed by atoms with Crippen LogP contribution in [-0.2, 0) is 4.79 Å². The summed E-state index contributed by atoms with van der Waals surface area (Å²) in [5.74, 6) is 1.90. The Labute approximate surface area is 145 Å². The molecule has 24 heavy (non-hydrogen) atoms. The van der Waals surface area contributed by atoms with Crippen molar-refractivity contribution in [1.82, 2.24) is 14.9 Å². The summed E-state index contributed by atoms with van der Waals surface area (Å²) >= 11 is 0. The number of carbonyl (C=O) groups excluding carboxylic acids is 1. The lowest BCUT2D eigenvalue weighted by Gasteiger charge is -2.38. The zero-order chi connectivity index (χ0) is 17.1. The number of amides is 1. The molecule has 0 aromatic carbocycles. The van der Waals surface area contributed by atoms with Gasteiger partial charge in [-0.25, -0.2) is 9.97 Å². The molecule has 2 aliphatic rings. The van der Waals surface area contributed by atoms with E-state index in [9.17, 15) is 4.79 Å². The van der Waals surface area contributed by atoms with Crippen LogP contribution in [0.3, 0.4) is 0 Å². The lowest BCUT2D eigenvalue weighted by atomic mass is 9.92. The highest BCUT2D eigenvalue weighted by atomic mass is 16.2. The topological polar surface area (TPSA) is 49.3 Å². The van der Waals surface area contributed by atoms with Crippen LogP contribution in [0.4, 0.5) is 5.95 Å². The van der Waals surface area contributed by atoms with Gasteiger partial charge >= 0.3 is 0 Å². The highest BCUT2D eigenvalue weighted by molar-refractivity contribution is 5.80. The zero-order valence-corrected chi connectivity index (χ0v) is 15.2. The molecule has 2 unspecified atom stereocenters. The van der Waals surface area contributed by atoms with Crippen molar-refractivity contribution in [3.05, 3.63) is 18.5 Å². The number of anilines is 1. The summed E-state index contributed by atoms with van der Waals surface area (Å²) in [5, 5.41) is 0. The SMILES string of the molecule is CCC(C)C(C)N(C(=O)C1CCN(c2ncccn2)CC1)C1CC1. The quantitative estimate of drug-likeness (QED) is 0.804. The summed E-state index contributed by atoms with van der Waals surface area (Å²) in [6.45, 7) is 8.46. The molecule has 3 rings (SSSR count). The van der Waals surface area contributed by atoms with Gasteiger partial charge in [-0.05, 0) is 44.6 Å². The number of rotatable bonds is 6. The lowest BCUT2D eigenvalue weighted by Crippen LogP contribution is -2.49. The van der Waals surface area contributed by atoms with Crippen molar-refractivity contribution in [3.8, 4) is 0 Å². The van der Waals surface area contributed by atoms with Gasteiger partial charge in [0.15, 0.2) is 0 Å². The first-order valence-corrected chi connectivity index (χ1v) is 9.46. The van der Waals surface area contributed by atoms with E-state index in [-0.39, 0.29) is 5.92 Å². The Morgan fingerprint density at radius 2 is 1.83 bits per heavy atom. The Hall–Kier alpha value is -1.65. The molecule has 1 saturated heterocycles. The third kappa shape index (κ3) is 3.70. The minimum atomic E-state index is 0.164. The highest BCUT2D eigenvalue weighted by Crippen LogP contribution is 2.34. The van der Waals surface area contributed by atoms with Crippen molar-refractivity contribution in [3.63, 3.8) is 0 Å². The molecule has 2 fully saturated rings. The maximum Gasteiger partial charge on any atom is 0.226 e. The number of hydrogen-bond donors (Lipinski definition) is 0. The molecule has 1 aliphatic heterocycles. The van der Waals surface area contributed by atoms with Crippen LogP contribution in [0.15, 0.2) is 18.5 Å². The molecule has 0 N–H and O–H groups in total. The fourth-order valence-electron chi connectivity index (χ4n) is 3.67. The molecule has 0 bridgehead atoms. The largest absolute Gasteiger partial charge is 0.341 e. The van der Waals surface area contributed by atoms with Crippen molar-refractivity contribution >= 4 is 11.9 Å². The second kappa shape index (κ2) is 7.49. The summed E-state index contributed by atoms with van der Waals surface area (Å²) in [6.07, 6.45) is 8.87. The molecule has 132 valence electrons. The molecule has 2 atom stereocenters. The standard InChI is InChI=1S/C19H30N4O/c1-4-14(2)15(3)23(17-6-7-17)18(24)16-8-12-22(13-9-16)19-20-10-5-11-21-19/h5,10-11,14-17H,4,6-9,12-13H2,1-3H3. The average Bonchev–Trinajstić information content (AvgIpc) is 3.46. The summed E-state index contributed by atoms with van der Waals surface area (Å²) in [4.78, 5) is 26.2. The van der Waals surface area contributed by atoms with Crippen molar-refractivity contribution in [2.45, 2.75) is 65.0 Å². The third-order valence-electron chi connectivity index (χ3n) is 5.78. The van der Waals surface area contributed by atoms with Crippen molar-refractivity contribution in [2.75, 3.05) is 18.0 Å². The van der Waals surface area contributed by atoms with Gasteiger partial charge in [0.25, 0.3) is 0 Å². The molecule has 1 aromatic rings. The van der Waals surface area contributed by atoms with E-state index < -0.39 is 0 Å². The number of hydrogen-bond acceptors (Lipinski definition) is 4. The minimum Gasteiger partial charge on any atom is -0.341 e. The van der Waals surface area contributed by atoms with Gasteiger partial charge in [-0.2, -0.15) is 0 Å². The van der Waals surface area contributed by atoms with Crippen molar-refractivity contribution < 1.29 is 4.79 Å². The molecule has 5 nitrogen and oxygen atoms in total. The first-order valence-electron chi connectivity index (χ1n) is 9.46. The van der Waals surface area contributed by atoms with E-state index in [1.165, 1.54) is 12.8 Å². The van der Waals surface area contributed by atoms with Crippen molar-refractivity contribution in [1.29, 1.82) is 0 Å². The van der Waals surface area contributed by atoms with E-state index in [1.54, 1.807) is 12.4 Å². The van der Waals surface area contributed by atoms with E-state index >= 15 is 0 Å². The smallest absolute Gasteiger partial charge is 0.226 e. The summed E-state index contributed by atoms with van der Waals surface area (Å²) in [7, 11) is 0. The predicted octanol–water partition coefficient (Wildman–Crippen LogP) is 3.12. The molecule has 2 heterocycles. The van der Waals surface area contributed by atoms with Crippen LogP contribution >= 0.6 is 0 Å². The van der Waals surface area contributed by atoms with Gasteiger partial charge in [-0.15, -0.1) is 0 Å². The van der Waals surface area contributed by atoms with Crippen LogP contribution in [0.1, 0.15) is 52.9 Å². The van der Waals surface area contributed by atoms with E-state index in [1.807, 2.05) is 6.07 Å². The van der Waals surface area contributed by atoms with Crippen LogP contribution in [0.5, 0.6) is 0 Å². The van der Waals surface area contributed by atoms with Crippen LogP contribution < -0.4 is 4.90 Å². The van der Waals surface area contributed by atoms with Gasteiger partial charge in [-0.1, -0.05) is 20.3 Å². The Kier molecular flexibility index (Phi) is 5.36. The molecular formula is C19H30N4O. The van der Waals surface area contributed by atoms with Crippen LogP contribution in [0.25, 0.3) is 0 Å². The highest BCUT2D eigenvalue weighted by Gasteiger charge is 2.40. The Bertz CT molecular complexity index is 538. The number of aromatic nitrogens is 2. The molecule has 0 radical (unpaired) electrons. The fourth-order valence-corrected chi connectivity index (χ4v) is 3.67. The second-order valence-corrected chi connectivity index (χ2v) is 7.41.